The molecule has 0 aliphatic rings. The number of nitrogens with zero attached hydrogens (tertiary/aromatic N) is 1. The summed E-state index contributed by atoms with van der Waals surface area (Å²) in [7, 11) is 1.75. The van der Waals surface area contributed by atoms with Gasteiger partial charge in [-0.25, -0.2) is 8.78 Å². The summed E-state index contributed by atoms with van der Waals surface area (Å²) in [4.78, 5) is 1.72. The van der Waals surface area contributed by atoms with Crippen LogP contribution < -0.4 is 10.6 Å². The highest BCUT2D eigenvalue weighted by atomic mass is 19.1. The summed E-state index contributed by atoms with van der Waals surface area (Å²) < 4.78 is 28.1. The Balaban J connectivity index is 2.32. The molecule has 0 fully saturated rings. The molecule has 0 aliphatic heterocycles. The highest BCUT2D eigenvalue weighted by Gasteiger charge is 2.18. The molecule has 2 nitrogen and oxygen atoms in total. The molecule has 0 aromatic heterocycles. The molecule has 2 atom stereocenters. The number of nitrogens with two attached hydrogens (primary N) is 1. The van der Waals surface area contributed by atoms with Crippen molar-refractivity contribution in [3.63, 3.8) is 0 Å². The van der Waals surface area contributed by atoms with Gasteiger partial charge >= 0.3 is 0 Å². The monoisotopic (exact) mass is 290 g/mol. The fourth-order valence-corrected chi connectivity index (χ4v) is 2.32. The van der Waals surface area contributed by atoms with Crippen molar-refractivity contribution in [3.05, 3.63) is 65.2 Å². The summed E-state index contributed by atoms with van der Waals surface area (Å²) in [6, 6.07) is 11.0. The van der Waals surface area contributed by atoms with E-state index in [9.17, 15) is 8.78 Å². The van der Waals surface area contributed by atoms with Gasteiger partial charge in [0.25, 0.3) is 0 Å². The molecular formula is C17H20F2N2. The van der Waals surface area contributed by atoms with E-state index in [2.05, 4.69) is 0 Å². The van der Waals surface area contributed by atoms with Gasteiger partial charge in [0.1, 0.15) is 11.6 Å². The predicted molar refractivity (Wildman–Crippen MR) is 82.2 cm³/mol. The predicted octanol–water partition coefficient (Wildman–Crippen LogP) is 4.18. The maximum Gasteiger partial charge on any atom is 0.146 e. The van der Waals surface area contributed by atoms with Crippen LogP contribution in [0.3, 0.4) is 0 Å². The third kappa shape index (κ3) is 3.22. The Morgan fingerprint density at radius 1 is 1.00 bits per heavy atom. The molecule has 0 heterocycles. The number of anilines is 1. The molecule has 0 bridgehead atoms. The Labute approximate surface area is 124 Å². The molecule has 4 heteroatoms. The van der Waals surface area contributed by atoms with E-state index in [1.807, 2.05) is 6.92 Å². The number of rotatable bonds is 4. The average Bonchev–Trinajstić information content (AvgIpc) is 2.46. The second kappa shape index (κ2) is 6.22. The SMILES string of the molecule is CC(c1ccccc1F)N(C)c1ccc([C@H](C)N)cc1F. The van der Waals surface area contributed by atoms with Gasteiger partial charge in [0.05, 0.1) is 11.7 Å². The maximum atomic E-state index is 14.2. The number of halogens is 2. The van der Waals surface area contributed by atoms with Gasteiger partial charge in [-0.05, 0) is 37.6 Å². The molecule has 0 amide bonds. The van der Waals surface area contributed by atoms with Crippen molar-refractivity contribution in [1.29, 1.82) is 0 Å². The van der Waals surface area contributed by atoms with E-state index in [1.54, 1.807) is 49.2 Å². The lowest BCUT2D eigenvalue weighted by Crippen LogP contribution is -2.23. The quantitative estimate of drug-likeness (QED) is 0.915. The summed E-state index contributed by atoms with van der Waals surface area (Å²) in [6.45, 7) is 3.65. The average molecular weight is 290 g/mol. The molecule has 2 aromatic carbocycles. The molecule has 0 saturated carbocycles. The zero-order chi connectivity index (χ0) is 15.6. The number of benzene rings is 2. The van der Waals surface area contributed by atoms with Gasteiger partial charge in [0.2, 0.25) is 0 Å². The first-order valence-electron chi connectivity index (χ1n) is 6.94. The highest BCUT2D eigenvalue weighted by molar-refractivity contribution is 5.51. The molecule has 2 aromatic rings. The lowest BCUT2D eigenvalue weighted by atomic mass is 10.0. The first-order valence-corrected chi connectivity index (χ1v) is 6.94. The second-order valence-corrected chi connectivity index (χ2v) is 5.31. The zero-order valence-electron chi connectivity index (χ0n) is 12.5. The van der Waals surface area contributed by atoms with E-state index in [4.69, 9.17) is 5.73 Å². The van der Waals surface area contributed by atoms with Gasteiger partial charge in [-0.2, -0.15) is 0 Å². The van der Waals surface area contributed by atoms with Gasteiger partial charge in [0, 0.05) is 18.7 Å². The van der Waals surface area contributed by atoms with Gasteiger partial charge in [0.15, 0.2) is 0 Å². The van der Waals surface area contributed by atoms with Crippen LogP contribution in [0.2, 0.25) is 0 Å². The number of hydrogen-bond acceptors (Lipinski definition) is 2. The molecule has 112 valence electrons. The number of hydrogen-bond donors (Lipinski definition) is 1. The largest absolute Gasteiger partial charge is 0.365 e. The van der Waals surface area contributed by atoms with Crippen molar-refractivity contribution in [2.24, 2.45) is 5.73 Å². The standard InChI is InChI=1S/C17H20F2N2/c1-11(20)13-8-9-17(16(19)10-13)21(3)12(2)14-6-4-5-7-15(14)18/h4-12H,20H2,1-3H3/t11-,12?/m0/s1. The Hall–Kier alpha value is -1.94. The van der Waals surface area contributed by atoms with Crippen molar-refractivity contribution in [2.75, 3.05) is 11.9 Å². The normalized spacial score (nSPS) is 13.8. The summed E-state index contributed by atoms with van der Waals surface area (Å²) in [5, 5.41) is 0. The molecule has 21 heavy (non-hydrogen) atoms. The lowest BCUT2D eigenvalue weighted by Gasteiger charge is -2.28. The van der Waals surface area contributed by atoms with Crippen LogP contribution in [0.4, 0.5) is 14.5 Å². The first-order chi connectivity index (χ1) is 9.91. The van der Waals surface area contributed by atoms with Gasteiger partial charge in [-0.1, -0.05) is 24.3 Å². The smallest absolute Gasteiger partial charge is 0.146 e. The molecule has 0 radical (unpaired) electrons. The molecular weight excluding hydrogens is 270 g/mol. The van der Waals surface area contributed by atoms with Crippen LogP contribution in [0.15, 0.2) is 42.5 Å². The van der Waals surface area contributed by atoms with Crippen molar-refractivity contribution >= 4 is 5.69 Å². The molecule has 2 rings (SSSR count). The third-order valence-electron chi connectivity index (χ3n) is 3.81. The van der Waals surface area contributed by atoms with Crippen molar-refractivity contribution in [1.82, 2.24) is 0 Å². The molecule has 0 spiro atoms. The summed E-state index contributed by atoms with van der Waals surface area (Å²) >= 11 is 0. The Bertz CT molecular complexity index is 626. The molecule has 1 unspecified atom stereocenters. The van der Waals surface area contributed by atoms with Crippen LogP contribution in [0, 0.1) is 11.6 Å². The van der Waals surface area contributed by atoms with Crippen molar-refractivity contribution in [3.8, 4) is 0 Å². The summed E-state index contributed by atoms with van der Waals surface area (Å²) in [6.07, 6.45) is 0. The Kier molecular flexibility index (Phi) is 4.58. The van der Waals surface area contributed by atoms with E-state index >= 15 is 0 Å². The van der Waals surface area contributed by atoms with E-state index in [0.29, 0.717) is 11.3 Å². The van der Waals surface area contributed by atoms with Crippen LogP contribution in [0.1, 0.15) is 37.1 Å². The van der Waals surface area contributed by atoms with Gasteiger partial charge in [-0.3, -0.25) is 0 Å². The molecule has 2 N–H and O–H groups in total. The molecule has 0 saturated heterocycles. The minimum Gasteiger partial charge on any atom is -0.365 e. The van der Waals surface area contributed by atoms with Crippen LogP contribution in [0.5, 0.6) is 0 Å². The second-order valence-electron chi connectivity index (χ2n) is 5.31. The fraction of sp³-hybridized carbons (Fsp3) is 0.294. The van der Waals surface area contributed by atoms with Crippen LogP contribution in [-0.2, 0) is 0 Å². The highest BCUT2D eigenvalue weighted by Crippen LogP contribution is 2.30. The van der Waals surface area contributed by atoms with E-state index in [1.165, 1.54) is 12.1 Å². The van der Waals surface area contributed by atoms with Crippen LogP contribution >= 0.6 is 0 Å². The van der Waals surface area contributed by atoms with Crippen LogP contribution in [0.25, 0.3) is 0 Å². The van der Waals surface area contributed by atoms with Gasteiger partial charge in [-0.15, -0.1) is 0 Å². The molecule has 0 aliphatic carbocycles. The third-order valence-corrected chi connectivity index (χ3v) is 3.81. The summed E-state index contributed by atoms with van der Waals surface area (Å²) in [5.41, 5.74) is 7.45. The van der Waals surface area contributed by atoms with Crippen LogP contribution in [-0.4, -0.2) is 7.05 Å². The Morgan fingerprint density at radius 3 is 2.24 bits per heavy atom. The topological polar surface area (TPSA) is 29.3 Å². The van der Waals surface area contributed by atoms with Gasteiger partial charge < -0.3 is 10.6 Å². The zero-order valence-corrected chi connectivity index (χ0v) is 12.5. The first kappa shape index (κ1) is 15.4. The Morgan fingerprint density at radius 2 is 1.67 bits per heavy atom. The maximum absolute atomic E-state index is 14.2. The summed E-state index contributed by atoms with van der Waals surface area (Å²) in [5.74, 6) is -0.639. The van der Waals surface area contributed by atoms with E-state index in [-0.39, 0.29) is 23.7 Å². The van der Waals surface area contributed by atoms with E-state index < -0.39 is 0 Å². The van der Waals surface area contributed by atoms with Crippen molar-refractivity contribution in [2.45, 2.75) is 25.9 Å². The van der Waals surface area contributed by atoms with Crippen molar-refractivity contribution < 1.29 is 8.78 Å². The fourth-order valence-electron chi connectivity index (χ4n) is 2.32. The minimum absolute atomic E-state index is 0.220. The van der Waals surface area contributed by atoms with E-state index in [0.717, 1.165) is 5.56 Å². The lowest BCUT2D eigenvalue weighted by molar-refractivity contribution is 0.574. The minimum atomic E-state index is -0.351.